The predicted octanol–water partition coefficient (Wildman–Crippen LogP) is 0.512. The molecule has 0 aliphatic heterocycles. The van der Waals surface area contributed by atoms with E-state index in [1.54, 1.807) is 18.6 Å². The van der Waals surface area contributed by atoms with E-state index < -0.39 is 0 Å². The fraction of sp³-hybridized carbons (Fsp3) is 0.200. The average Bonchev–Trinajstić information content (AvgIpc) is 2.03. The van der Waals surface area contributed by atoms with Crippen LogP contribution in [0.15, 0.2) is 23.8 Å². The van der Waals surface area contributed by atoms with Crippen molar-refractivity contribution in [1.82, 2.24) is 15.4 Å². The van der Waals surface area contributed by atoms with E-state index in [4.69, 9.17) is 5.53 Å². The zero-order chi connectivity index (χ0) is 7.23. The molecule has 52 valence electrons. The molecule has 0 unspecified atom stereocenters. The van der Waals surface area contributed by atoms with Crippen LogP contribution in [0.2, 0.25) is 0 Å². The first kappa shape index (κ1) is 6.60. The summed E-state index contributed by atoms with van der Waals surface area (Å²) in [6, 6.07) is 0. The van der Waals surface area contributed by atoms with Gasteiger partial charge in [-0.2, -0.15) is 5.53 Å². The molecule has 0 atom stereocenters. The summed E-state index contributed by atoms with van der Waals surface area (Å²) in [7, 11) is 0. The molecule has 1 heterocycles. The third kappa shape index (κ3) is 1.77. The lowest BCUT2D eigenvalue weighted by Gasteiger charge is -1.94. The molecule has 0 aliphatic carbocycles. The Morgan fingerprint density at radius 2 is 2.50 bits per heavy atom. The molecule has 10 heavy (non-hydrogen) atoms. The molecule has 0 saturated carbocycles. The van der Waals surface area contributed by atoms with Gasteiger partial charge < -0.3 is 0 Å². The molecule has 2 N–H and O–H groups in total. The first-order valence-corrected chi connectivity index (χ1v) is 2.77. The largest absolute Gasteiger partial charge is 0.286 e. The molecule has 0 radical (unpaired) electrons. The Labute approximate surface area is 58.0 Å². The molecule has 5 heteroatoms. The monoisotopic (exact) mass is 137 g/mol. The summed E-state index contributed by atoms with van der Waals surface area (Å²) in [5, 5.41) is 2.96. The van der Waals surface area contributed by atoms with Gasteiger partial charge in [-0.05, 0) is 0 Å². The van der Waals surface area contributed by atoms with Gasteiger partial charge in [-0.25, -0.2) is 0 Å². The maximum absolute atomic E-state index is 6.42. The van der Waals surface area contributed by atoms with E-state index in [9.17, 15) is 0 Å². The molecule has 1 aromatic heterocycles. The van der Waals surface area contributed by atoms with Gasteiger partial charge >= 0.3 is 0 Å². The van der Waals surface area contributed by atoms with Crippen molar-refractivity contribution in [2.24, 2.45) is 5.22 Å². The number of rotatable bonds is 3. The number of hydrogen-bond donors (Lipinski definition) is 2. The summed E-state index contributed by atoms with van der Waals surface area (Å²) in [6.45, 7) is 0.456. The standard InChI is InChI=1S/C5H7N5/c6-10-9-4-5-3-7-1-2-8-5/h1-3H,4H2,(H2,6,9). The molecule has 1 aromatic rings. The third-order valence-corrected chi connectivity index (χ3v) is 0.956. The Morgan fingerprint density at radius 1 is 1.60 bits per heavy atom. The van der Waals surface area contributed by atoms with Gasteiger partial charge in [-0.3, -0.25) is 15.4 Å². The van der Waals surface area contributed by atoms with E-state index in [0.717, 1.165) is 5.69 Å². The van der Waals surface area contributed by atoms with E-state index in [1.807, 2.05) is 0 Å². The predicted molar refractivity (Wildman–Crippen MR) is 34.0 cm³/mol. The molecule has 0 amide bonds. The molecule has 5 nitrogen and oxygen atoms in total. The highest BCUT2D eigenvalue weighted by Crippen LogP contribution is 1.87. The summed E-state index contributed by atoms with van der Waals surface area (Å²) < 4.78 is 0. The second-order valence-corrected chi connectivity index (χ2v) is 1.64. The zero-order valence-electron chi connectivity index (χ0n) is 5.28. The van der Waals surface area contributed by atoms with E-state index in [0.29, 0.717) is 6.54 Å². The van der Waals surface area contributed by atoms with Crippen LogP contribution in [0, 0.1) is 5.53 Å². The van der Waals surface area contributed by atoms with Crippen molar-refractivity contribution in [3.63, 3.8) is 0 Å². The second-order valence-electron chi connectivity index (χ2n) is 1.64. The van der Waals surface area contributed by atoms with Crippen LogP contribution in [0.1, 0.15) is 5.69 Å². The van der Waals surface area contributed by atoms with Gasteiger partial charge in [0.05, 0.1) is 18.4 Å². The maximum atomic E-state index is 6.42. The van der Waals surface area contributed by atoms with E-state index in [-0.39, 0.29) is 0 Å². The van der Waals surface area contributed by atoms with Crippen molar-refractivity contribution in [2.75, 3.05) is 0 Å². The van der Waals surface area contributed by atoms with Crippen molar-refractivity contribution < 1.29 is 0 Å². The Kier molecular flexibility index (Phi) is 2.31. The van der Waals surface area contributed by atoms with Crippen molar-refractivity contribution in [2.45, 2.75) is 6.54 Å². The number of aromatic nitrogens is 2. The number of nitrogens with one attached hydrogen (secondary N) is 2. The van der Waals surface area contributed by atoms with E-state index >= 15 is 0 Å². The first-order chi connectivity index (χ1) is 4.93. The summed E-state index contributed by atoms with van der Waals surface area (Å²) in [6.07, 6.45) is 4.82. The Hall–Kier alpha value is -1.52. The van der Waals surface area contributed by atoms with Gasteiger partial charge in [0.1, 0.15) is 0 Å². The summed E-state index contributed by atoms with van der Waals surface area (Å²) >= 11 is 0. The Bertz CT molecular complexity index is 196. The molecule has 0 fully saturated rings. The van der Waals surface area contributed by atoms with Crippen LogP contribution in [0.25, 0.3) is 0 Å². The van der Waals surface area contributed by atoms with Crippen molar-refractivity contribution in [3.05, 3.63) is 24.3 Å². The lowest BCUT2D eigenvalue weighted by Crippen LogP contribution is -2.04. The minimum absolute atomic E-state index is 0.456. The van der Waals surface area contributed by atoms with Gasteiger partial charge in [0.2, 0.25) is 0 Å². The summed E-state index contributed by atoms with van der Waals surface area (Å²) in [5.74, 6) is 0. The van der Waals surface area contributed by atoms with Gasteiger partial charge in [-0.15, -0.1) is 0 Å². The van der Waals surface area contributed by atoms with Crippen LogP contribution >= 0.6 is 0 Å². The molecule has 1 rings (SSSR count). The summed E-state index contributed by atoms with van der Waals surface area (Å²) in [5.41, 5.74) is 9.65. The van der Waals surface area contributed by atoms with Crippen LogP contribution in [0.4, 0.5) is 0 Å². The first-order valence-electron chi connectivity index (χ1n) is 2.77. The fourth-order valence-electron chi connectivity index (χ4n) is 0.542. The lowest BCUT2D eigenvalue weighted by atomic mass is 10.5. The minimum atomic E-state index is 0.456. The SMILES string of the molecule is N=NNCc1cnccn1. The van der Waals surface area contributed by atoms with Gasteiger partial charge in [-0.1, -0.05) is 5.22 Å². The smallest absolute Gasteiger partial charge is 0.0795 e. The fourth-order valence-corrected chi connectivity index (χ4v) is 0.542. The van der Waals surface area contributed by atoms with Crippen molar-refractivity contribution in [3.8, 4) is 0 Å². The van der Waals surface area contributed by atoms with Crippen molar-refractivity contribution >= 4 is 0 Å². The van der Waals surface area contributed by atoms with Crippen LogP contribution in [-0.2, 0) is 6.54 Å². The molecule has 0 aliphatic rings. The van der Waals surface area contributed by atoms with E-state index in [2.05, 4.69) is 20.6 Å². The third-order valence-electron chi connectivity index (χ3n) is 0.956. The van der Waals surface area contributed by atoms with Crippen LogP contribution in [0.5, 0.6) is 0 Å². The highest BCUT2D eigenvalue weighted by Gasteiger charge is 1.88. The zero-order valence-corrected chi connectivity index (χ0v) is 5.28. The lowest BCUT2D eigenvalue weighted by molar-refractivity contribution is 0.659. The average molecular weight is 137 g/mol. The molecule has 0 saturated heterocycles. The summed E-state index contributed by atoms with van der Waals surface area (Å²) in [4.78, 5) is 7.78. The molecule has 0 spiro atoms. The Morgan fingerprint density at radius 3 is 3.10 bits per heavy atom. The quantitative estimate of drug-likeness (QED) is 0.471. The number of hydrogen-bond acceptors (Lipinski definition) is 4. The highest BCUT2D eigenvalue weighted by molar-refractivity contribution is 4.92. The topological polar surface area (TPSA) is 74.0 Å². The highest BCUT2D eigenvalue weighted by atomic mass is 15.4. The molecular weight excluding hydrogens is 130 g/mol. The molecule has 0 bridgehead atoms. The van der Waals surface area contributed by atoms with Gasteiger partial charge in [0.15, 0.2) is 0 Å². The molecule has 0 aromatic carbocycles. The maximum Gasteiger partial charge on any atom is 0.0795 e. The van der Waals surface area contributed by atoms with Crippen LogP contribution in [-0.4, -0.2) is 9.97 Å². The van der Waals surface area contributed by atoms with Gasteiger partial charge in [0.25, 0.3) is 0 Å². The number of nitrogens with zero attached hydrogens (tertiary/aromatic N) is 3. The normalized spacial score (nSPS) is 8.80. The van der Waals surface area contributed by atoms with Crippen molar-refractivity contribution in [1.29, 1.82) is 5.53 Å². The van der Waals surface area contributed by atoms with Crippen LogP contribution in [0.3, 0.4) is 0 Å². The minimum Gasteiger partial charge on any atom is -0.286 e. The van der Waals surface area contributed by atoms with E-state index in [1.165, 1.54) is 0 Å². The second kappa shape index (κ2) is 3.49. The Balaban J connectivity index is 2.50. The van der Waals surface area contributed by atoms with Gasteiger partial charge in [0, 0.05) is 12.4 Å². The molecular formula is C5H7N5. The van der Waals surface area contributed by atoms with Crippen LogP contribution < -0.4 is 5.43 Å².